The van der Waals surface area contributed by atoms with Crippen LogP contribution in [0.5, 0.6) is 0 Å². The van der Waals surface area contributed by atoms with Crippen LogP contribution in [-0.4, -0.2) is 76.7 Å². The molecule has 0 saturated carbocycles. The Labute approximate surface area is 285 Å². The molecule has 0 aliphatic carbocycles. The van der Waals surface area contributed by atoms with Gasteiger partial charge in [0, 0.05) is 58.9 Å². The van der Waals surface area contributed by atoms with Gasteiger partial charge in [-0.05, 0) is 0 Å². The molecule has 2 aromatic heterocycles. The quantitative estimate of drug-likeness (QED) is 0.0742. The van der Waals surface area contributed by atoms with Gasteiger partial charge < -0.3 is 41.2 Å². The number of carbonyl (C=O) groups is 4. The van der Waals surface area contributed by atoms with Gasteiger partial charge in [0.1, 0.15) is 0 Å². The average molecular weight is 749 g/mol. The fraction of sp³-hybridized carbons (Fsp3) is 0.353. The number of H-pyrrole nitrogens is 2. The number of hydrogen-bond acceptors (Lipinski definition) is 10. The summed E-state index contributed by atoms with van der Waals surface area (Å²) in [6, 6.07) is 10.1. The Morgan fingerprint density at radius 3 is 1.34 bits per heavy atom. The van der Waals surface area contributed by atoms with E-state index in [-0.39, 0.29) is 56.2 Å². The number of carbonyl (C=O) groups excluding carboxylic acids is 4. The van der Waals surface area contributed by atoms with Crippen LogP contribution in [0.25, 0.3) is 0 Å². The summed E-state index contributed by atoms with van der Waals surface area (Å²) in [4.78, 5) is 59.5. The van der Waals surface area contributed by atoms with Crippen molar-refractivity contribution in [3.8, 4) is 0 Å². The number of nitrogens with zero attached hydrogens (tertiary/aromatic N) is 2. The molecule has 2 aromatic carbocycles. The first kappa shape index (κ1) is 39.0. The number of aromatic amines is 2. The number of unbranched alkanes of at least 4 members (excludes halogenated alkanes) is 2. The molecule has 0 fully saturated rings. The Kier molecular flexibility index (Phi) is 18.0. The van der Waals surface area contributed by atoms with Crippen molar-refractivity contribution in [2.45, 2.75) is 73.3 Å². The molecule has 4 rings (SSSR count). The third kappa shape index (κ3) is 13.6. The number of carboxylic acid groups (broad SMARTS) is 2. The Balaban J connectivity index is 0.000000262. The number of hydrogen-bond donors (Lipinski definition) is 4. The summed E-state index contributed by atoms with van der Waals surface area (Å²) in [7, 11) is 0. The minimum absolute atomic E-state index is 0.0644. The molecular weight excluding hydrogens is 707 g/mol. The van der Waals surface area contributed by atoms with Gasteiger partial charge in [-0.25, -0.2) is 9.97 Å². The molecule has 0 spiro atoms. The number of Topliss-reactive ketones (excluding diaryl/α,β-unsaturated/α-hetero) is 2. The van der Waals surface area contributed by atoms with Gasteiger partial charge >= 0.3 is 69.5 Å². The number of aromatic nitrogens is 4. The fourth-order valence-corrected chi connectivity index (χ4v) is 8.49. The first-order valence-corrected chi connectivity index (χ1v) is 19.5. The molecule has 2 atom stereocenters. The van der Waals surface area contributed by atoms with Crippen molar-refractivity contribution in [3.05, 3.63) is 107 Å². The van der Waals surface area contributed by atoms with Gasteiger partial charge in [0.05, 0.1) is 36.7 Å². The van der Waals surface area contributed by atoms with Crippen molar-refractivity contribution >= 4 is 44.6 Å². The molecule has 0 saturated heterocycles. The van der Waals surface area contributed by atoms with Gasteiger partial charge in [0.25, 0.3) is 0 Å². The third-order valence-corrected chi connectivity index (χ3v) is 10.9. The number of carboxylic acids is 2. The zero-order valence-corrected chi connectivity index (χ0v) is 29.6. The van der Waals surface area contributed by atoms with E-state index in [4.69, 9.17) is 11.5 Å². The van der Waals surface area contributed by atoms with Crippen molar-refractivity contribution in [2.75, 3.05) is 0 Å². The van der Waals surface area contributed by atoms with Gasteiger partial charge in [0.15, 0.2) is 11.6 Å². The van der Waals surface area contributed by atoms with Gasteiger partial charge in [-0.15, -0.1) is 0 Å². The summed E-state index contributed by atoms with van der Waals surface area (Å²) >= 11 is 0.149. The van der Waals surface area contributed by atoms with Crippen LogP contribution in [0.3, 0.4) is 0 Å². The van der Waals surface area contributed by atoms with E-state index in [2.05, 4.69) is 33.8 Å². The summed E-state index contributed by atoms with van der Waals surface area (Å²) in [5.41, 5.74) is 12.9. The average Bonchev–Trinajstić information content (AvgIpc) is 3.79. The SMILES string of the molecule is CCC[CH2][Sn+2][CH2]CCC.N[C@@H](Cc1cnc[nH]1)C(=O)c1ccccc1C(=O)[O-].N[C@@H](Cc1cnc[nH]1)C(=O)c1ccccc1C(=O)[O-]. The molecule has 4 aromatic rings. The van der Waals surface area contributed by atoms with Crippen LogP contribution in [0.1, 0.15) is 92.4 Å². The smallest absolute Gasteiger partial charge is 0.180 e. The summed E-state index contributed by atoms with van der Waals surface area (Å²) < 4.78 is 3.25. The number of ketones is 2. The van der Waals surface area contributed by atoms with E-state index in [0.29, 0.717) is 11.4 Å². The molecule has 0 unspecified atom stereocenters. The van der Waals surface area contributed by atoms with Crippen molar-refractivity contribution in [1.29, 1.82) is 0 Å². The predicted octanol–water partition coefficient (Wildman–Crippen LogP) is 2.18. The summed E-state index contributed by atoms with van der Waals surface area (Å²) in [6.07, 6.45) is 12.5. The largest absolute Gasteiger partial charge is 0.545 e. The van der Waals surface area contributed by atoms with Crippen molar-refractivity contribution in [1.82, 2.24) is 19.9 Å². The summed E-state index contributed by atoms with van der Waals surface area (Å²) in [5.74, 6) is -3.65. The Hall–Kier alpha value is -4.14. The zero-order valence-electron chi connectivity index (χ0n) is 26.7. The van der Waals surface area contributed by atoms with Crippen LogP contribution >= 0.6 is 0 Å². The van der Waals surface area contributed by atoms with E-state index in [1.165, 1.54) is 74.7 Å². The van der Waals surface area contributed by atoms with E-state index in [0.717, 1.165) is 0 Å². The molecule has 0 radical (unpaired) electrons. The van der Waals surface area contributed by atoms with Crippen LogP contribution in [0.15, 0.2) is 73.6 Å². The molecular formula is C34H42N6O6Sn. The normalized spacial score (nSPS) is 11.5. The van der Waals surface area contributed by atoms with Crippen LogP contribution in [0, 0.1) is 0 Å². The van der Waals surface area contributed by atoms with Crippen LogP contribution in [0.4, 0.5) is 0 Å². The van der Waals surface area contributed by atoms with Crippen LogP contribution < -0.4 is 21.7 Å². The number of nitrogens with one attached hydrogen (secondary N) is 2. The van der Waals surface area contributed by atoms with Crippen LogP contribution in [0.2, 0.25) is 8.87 Å². The minimum Gasteiger partial charge on any atom is -0.545 e. The second kappa shape index (κ2) is 21.6. The monoisotopic (exact) mass is 750 g/mol. The maximum atomic E-state index is 12.1. The molecule has 6 N–H and O–H groups in total. The number of nitrogens with two attached hydrogens (primary N) is 2. The molecule has 0 aliphatic rings. The zero-order chi connectivity index (χ0) is 34.6. The third-order valence-electron chi connectivity index (χ3n) is 6.90. The van der Waals surface area contributed by atoms with Gasteiger partial charge in [-0.3, -0.25) is 9.59 Å². The van der Waals surface area contributed by atoms with Gasteiger partial charge in [-0.2, -0.15) is 0 Å². The van der Waals surface area contributed by atoms with Gasteiger partial charge in [-0.1, -0.05) is 48.5 Å². The molecule has 12 nitrogen and oxygen atoms in total. The minimum atomic E-state index is -1.39. The molecule has 2 heterocycles. The Morgan fingerprint density at radius 1 is 0.681 bits per heavy atom. The second-order valence-electron chi connectivity index (χ2n) is 10.6. The fourth-order valence-electron chi connectivity index (χ4n) is 4.33. The van der Waals surface area contributed by atoms with E-state index in [1.54, 1.807) is 33.4 Å². The number of imidazole rings is 2. The summed E-state index contributed by atoms with van der Waals surface area (Å²) in [6.45, 7) is 4.58. The first-order chi connectivity index (χ1) is 22.6. The topological polar surface area (TPSA) is 224 Å². The number of aromatic carboxylic acids is 2. The van der Waals surface area contributed by atoms with Crippen LogP contribution in [-0.2, 0) is 12.8 Å². The van der Waals surface area contributed by atoms with E-state index < -0.39 is 35.6 Å². The number of benzene rings is 2. The Bertz CT molecular complexity index is 1410. The standard InChI is InChI=1S/2C13H13N3O3.2C4H9.Sn/c2*14-11(5-8-6-15-7-16-8)12(17)9-3-1-2-4-10(9)13(18)19;2*1-3-4-2;/h2*1-4,6-7,11H,5,14H2,(H,15,16)(H,18,19);2*1,3-4H2,2H3;/q;;;;+2/p-2/t2*11-;;;/m00.../s1. The maximum Gasteiger partial charge on any atom is 0.180 e. The molecule has 0 amide bonds. The predicted molar refractivity (Wildman–Crippen MR) is 176 cm³/mol. The van der Waals surface area contributed by atoms with Crippen molar-refractivity contribution < 1.29 is 29.4 Å². The molecule has 47 heavy (non-hydrogen) atoms. The summed E-state index contributed by atoms with van der Waals surface area (Å²) in [5, 5.41) is 21.9. The Morgan fingerprint density at radius 2 is 1.04 bits per heavy atom. The first-order valence-electron chi connectivity index (χ1n) is 15.5. The molecule has 0 aliphatic heterocycles. The molecule has 0 bridgehead atoms. The maximum absolute atomic E-state index is 12.1. The molecule has 248 valence electrons. The van der Waals surface area contributed by atoms with Crippen molar-refractivity contribution in [2.24, 2.45) is 11.5 Å². The van der Waals surface area contributed by atoms with Crippen molar-refractivity contribution in [3.63, 3.8) is 0 Å². The van der Waals surface area contributed by atoms with Gasteiger partial charge in [0.2, 0.25) is 0 Å². The van der Waals surface area contributed by atoms with E-state index in [1.807, 2.05) is 0 Å². The molecule has 13 heteroatoms. The van der Waals surface area contributed by atoms with E-state index in [9.17, 15) is 29.4 Å². The van der Waals surface area contributed by atoms with E-state index >= 15 is 0 Å². The number of rotatable bonds is 16. The second-order valence-corrected chi connectivity index (χ2v) is 14.9.